The standard InChI is InChI=1S/C17H12ClFN2O6/c18-13-5-4-11(7-14(13)21(25)26)17(24)20-8-16(23)27-9-15(22)10-2-1-3-12(19)6-10/h1-7H,8-9H2,(H,20,24). The number of ether oxygens (including phenoxy) is 1. The van der Waals surface area contributed by atoms with Gasteiger partial charge in [-0.1, -0.05) is 23.7 Å². The lowest BCUT2D eigenvalue weighted by atomic mass is 10.1. The lowest BCUT2D eigenvalue weighted by Crippen LogP contribution is -2.31. The molecule has 0 aliphatic rings. The Morgan fingerprint density at radius 3 is 2.56 bits per heavy atom. The lowest BCUT2D eigenvalue weighted by molar-refractivity contribution is -0.384. The minimum atomic E-state index is -0.906. The molecule has 0 spiro atoms. The molecule has 0 aliphatic carbocycles. The van der Waals surface area contributed by atoms with Crippen molar-refractivity contribution in [3.63, 3.8) is 0 Å². The molecular weight excluding hydrogens is 383 g/mol. The van der Waals surface area contributed by atoms with E-state index in [1.54, 1.807) is 0 Å². The van der Waals surface area contributed by atoms with Gasteiger partial charge in [0.15, 0.2) is 12.4 Å². The molecule has 2 aromatic carbocycles. The molecule has 0 bridgehead atoms. The number of nitro benzene ring substituents is 1. The number of amides is 1. The summed E-state index contributed by atoms with van der Waals surface area (Å²) in [6, 6.07) is 8.29. The van der Waals surface area contributed by atoms with Crippen LogP contribution in [0.2, 0.25) is 5.02 Å². The molecule has 0 aliphatic heterocycles. The Balaban J connectivity index is 1.86. The van der Waals surface area contributed by atoms with Gasteiger partial charge in [-0.2, -0.15) is 0 Å². The van der Waals surface area contributed by atoms with Crippen molar-refractivity contribution in [1.29, 1.82) is 0 Å². The molecule has 1 amide bonds. The van der Waals surface area contributed by atoms with Crippen molar-refractivity contribution < 1.29 is 28.4 Å². The highest BCUT2D eigenvalue weighted by molar-refractivity contribution is 6.32. The third-order valence-corrected chi connectivity index (χ3v) is 3.63. The van der Waals surface area contributed by atoms with Gasteiger partial charge in [-0.15, -0.1) is 0 Å². The molecule has 2 aromatic rings. The largest absolute Gasteiger partial charge is 0.456 e. The lowest BCUT2D eigenvalue weighted by Gasteiger charge is -2.07. The SMILES string of the molecule is O=C(CNC(=O)c1ccc(Cl)c([N+](=O)[O-])c1)OCC(=O)c1cccc(F)c1. The van der Waals surface area contributed by atoms with Gasteiger partial charge in [0.2, 0.25) is 0 Å². The Kier molecular flexibility index (Phi) is 6.56. The summed E-state index contributed by atoms with van der Waals surface area (Å²) in [6.45, 7) is -1.18. The first-order chi connectivity index (χ1) is 12.8. The minimum absolute atomic E-state index is 0.0420. The van der Waals surface area contributed by atoms with Gasteiger partial charge in [0.1, 0.15) is 17.4 Å². The highest BCUT2D eigenvalue weighted by Gasteiger charge is 2.17. The van der Waals surface area contributed by atoms with Crippen LogP contribution in [0.3, 0.4) is 0 Å². The Labute approximate surface area is 157 Å². The van der Waals surface area contributed by atoms with Crippen molar-refractivity contribution in [3.8, 4) is 0 Å². The Morgan fingerprint density at radius 1 is 1.15 bits per heavy atom. The van der Waals surface area contributed by atoms with Gasteiger partial charge in [-0.3, -0.25) is 24.5 Å². The van der Waals surface area contributed by atoms with Crippen molar-refractivity contribution in [2.45, 2.75) is 0 Å². The van der Waals surface area contributed by atoms with Crippen LogP contribution in [0.25, 0.3) is 0 Å². The fraction of sp³-hybridized carbons (Fsp3) is 0.118. The Hall–Kier alpha value is -3.33. The van der Waals surface area contributed by atoms with Gasteiger partial charge >= 0.3 is 5.97 Å². The predicted octanol–water partition coefficient (Wildman–Crippen LogP) is 2.54. The number of benzene rings is 2. The van der Waals surface area contributed by atoms with Crippen molar-refractivity contribution in [2.24, 2.45) is 0 Å². The molecule has 2 rings (SSSR count). The van der Waals surface area contributed by atoms with Gasteiger partial charge in [0.05, 0.1) is 4.92 Å². The predicted molar refractivity (Wildman–Crippen MR) is 92.1 cm³/mol. The van der Waals surface area contributed by atoms with Crippen LogP contribution in [0.1, 0.15) is 20.7 Å². The first-order valence-electron chi connectivity index (χ1n) is 7.44. The second kappa shape index (κ2) is 8.86. The number of hydrogen-bond donors (Lipinski definition) is 1. The number of ketones is 1. The molecule has 27 heavy (non-hydrogen) atoms. The van der Waals surface area contributed by atoms with Crippen LogP contribution in [0.4, 0.5) is 10.1 Å². The first kappa shape index (κ1) is 20.0. The van der Waals surface area contributed by atoms with Gasteiger partial charge in [0, 0.05) is 17.2 Å². The summed E-state index contributed by atoms with van der Waals surface area (Å²) in [4.78, 5) is 45.4. The summed E-state index contributed by atoms with van der Waals surface area (Å²) in [5, 5.41) is 12.9. The van der Waals surface area contributed by atoms with Crippen LogP contribution < -0.4 is 5.32 Å². The zero-order valence-electron chi connectivity index (χ0n) is 13.6. The molecule has 0 heterocycles. The molecule has 0 saturated carbocycles. The van der Waals surface area contributed by atoms with Crippen molar-refractivity contribution in [3.05, 3.63) is 74.5 Å². The van der Waals surface area contributed by atoms with E-state index in [0.717, 1.165) is 12.1 Å². The smallest absolute Gasteiger partial charge is 0.325 e. The Bertz CT molecular complexity index is 918. The molecule has 0 radical (unpaired) electrons. The van der Waals surface area contributed by atoms with Crippen LogP contribution in [-0.2, 0) is 9.53 Å². The molecule has 0 atom stereocenters. The summed E-state index contributed by atoms with van der Waals surface area (Å²) in [5.41, 5.74) is -0.484. The van der Waals surface area contributed by atoms with E-state index in [9.17, 15) is 28.9 Å². The third-order valence-electron chi connectivity index (χ3n) is 3.31. The van der Waals surface area contributed by atoms with Gasteiger partial charge in [-0.25, -0.2) is 4.39 Å². The number of rotatable bonds is 7. The molecule has 0 aromatic heterocycles. The highest BCUT2D eigenvalue weighted by atomic mass is 35.5. The maximum Gasteiger partial charge on any atom is 0.325 e. The second-order valence-corrected chi connectivity index (χ2v) is 5.61. The quantitative estimate of drug-likeness (QED) is 0.334. The van der Waals surface area contributed by atoms with Crippen molar-refractivity contribution >= 4 is 34.9 Å². The van der Waals surface area contributed by atoms with E-state index in [1.807, 2.05) is 0 Å². The molecular formula is C17H12ClFN2O6. The zero-order valence-corrected chi connectivity index (χ0v) is 14.4. The van der Waals surface area contributed by atoms with E-state index in [4.69, 9.17) is 16.3 Å². The summed E-state index contributed by atoms with van der Waals surface area (Å²) in [6.07, 6.45) is 0. The van der Waals surface area contributed by atoms with E-state index in [2.05, 4.69) is 5.32 Å². The third kappa shape index (κ3) is 5.58. The molecule has 0 fully saturated rings. The normalized spacial score (nSPS) is 10.1. The first-order valence-corrected chi connectivity index (χ1v) is 7.82. The topological polar surface area (TPSA) is 116 Å². The molecule has 1 N–H and O–H groups in total. The number of esters is 1. The number of nitrogens with one attached hydrogen (secondary N) is 1. The number of nitro groups is 1. The van der Waals surface area contributed by atoms with Crippen LogP contribution in [-0.4, -0.2) is 35.7 Å². The van der Waals surface area contributed by atoms with Gasteiger partial charge in [-0.05, 0) is 24.3 Å². The second-order valence-electron chi connectivity index (χ2n) is 5.20. The average Bonchev–Trinajstić information content (AvgIpc) is 2.64. The minimum Gasteiger partial charge on any atom is -0.456 e. The number of Topliss-reactive ketones (excluding diaryl/α,β-unsaturated/α-hetero) is 1. The van der Waals surface area contributed by atoms with E-state index < -0.39 is 47.2 Å². The molecule has 10 heteroatoms. The Morgan fingerprint density at radius 2 is 1.89 bits per heavy atom. The number of carbonyl (C=O) groups is 3. The van der Waals surface area contributed by atoms with Crippen molar-refractivity contribution in [1.82, 2.24) is 5.32 Å². The zero-order chi connectivity index (χ0) is 20.0. The highest BCUT2D eigenvalue weighted by Crippen LogP contribution is 2.24. The number of hydrogen-bond acceptors (Lipinski definition) is 6. The van der Waals surface area contributed by atoms with E-state index >= 15 is 0 Å². The average molecular weight is 395 g/mol. The number of nitrogens with zero attached hydrogens (tertiary/aromatic N) is 1. The summed E-state index contributed by atoms with van der Waals surface area (Å²) in [7, 11) is 0. The van der Waals surface area contributed by atoms with Crippen molar-refractivity contribution in [2.75, 3.05) is 13.2 Å². The molecule has 8 nitrogen and oxygen atoms in total. The van der Waals surface area contributed by atoms with Gasteiger partial charge in [0.25, 0.3) is 11.6 Å². The summed E-state index contributed by atoms with van der Waals surface area (Å²) in [5.74, 6) is -2.88. The summed E-state index contributed by atoms with van der Waals surface area (Å²) < 4.78 is 17.8. The molecule has 0 saturated heterocycles. The monoisotopic (exact) mass is 394 g/mol. The number of carbonyl (C=O) groups excluding carboxylic acids is 3. The van der Waals surface area contributed by atoms with Crippen LogP contribution in [0.5, 0.6) is 0 Å². The van der Waals surface area contributed by atoms with Crippen LogP contribution >= 0.6 is 11.6 Å². The van der Waals surface area contributed by atoms with E-state index in [0.29, 0.717) is 0 Å². The van der Waals surface area contributed by atoms with Crippen LogP contribution in [0, 0.1) is 15.9 Å². The molecule has 0 unspecified atom stereocenters. The molecule has 140 valence electrons. The fourth-order valence-electron chi connectivity index (χ4n) is 1.99. The van der Waals surface area contributed by atoms with E-state index in [1.165, 1.54) is 30.3 Å². The maximum absolute atomic E-state index is 13.0. The van der Waals surface area contributed by atoms with Crippen LogP contribution in [0.15, 0.2) is 42.5 Å². The van der Waals surface area contributed by atoms with E-state index in [-0.39, 0.29) is 16.1 Å². The number of halogens is 2. The fourth-order valence-corrected chi connectivity index (χ4v) is 2.18. The van der Waals surface area contributed by atoms with Gasteiger partial charge < -0.3 is 10.1 Å². The summed E-state index contributed by atoms with van der Waals surface area (Å²) >= 11 is 5.65. The maximum atomic E-state index is 13.0.